The van der Waals surface area contributed by atoms with E-state index in [1.165, 1.54) is 0 Å². The number of imidazole rings is 1. The molecule has 2 aromatic rings. The monoisotopic (exact) mass is 224 g/mol. The van der Waals surface area contributed by atoms with E-state index in [-0.39, 0.29) is 6.42 Å². The van der Waals surface area contributed by atoms with Gasteiger partial charge in [0.15, 0.2) is 0 Å². The molecule has 1 heterocycles. The number of nitrogens with zero attached hydrogens (tertiary/aromatic N) is 1. The van der Waals surface area contributed by atoms with E-state index in [1.807, 2.05) is 18.2 Å². The summed E-state index contributed by atoms with van der Waals surface area (Å²) in [6.45, 7) is 0. The third-order valence-electron chi connectivity index (χ3n) is 2.18. The highest BCUT2D eigenvalue weighted by Gasteiger charge is 2.07. The minimum absolute atomic E-state index is 0.101. The van der Waals surface area contributed by atoms with Crippen LogP contribution < -0.4 is 0 Å². The van der Waals surface area contributed by atoms with E-state index in [0.29, 0.717) is 11.7 Å². The number of aliphatic carboxylic acids is 1. The molecule has 2 rings (SSSR count). The van der Waals surface area contributed by atoms with Crippen molar-refractivity contribution in [3.05, 3.63) is 29.0 Å². The topological polar surface area (TPSA) is 66.0 Å². The molecule has 1 aromatic heterocycles. The standard InChI is InChI=1S/C10H9ClN2O2/c11-10-12-7-3-1-2-6(9(7)13-10)4-5-8(14)15/h1-3H,4-5H2,(H,12,13)(H,14,15). The van der Waals surface area contributed by atoms with Crippen LogP contribution in [0, 0.1) is 0 Å². The third kappa shape index (κ3) is 2.10. The largest absolute Gasteiger partial charge is 0.481 e. The number of rotatable bonds is 3. The van der Waals surface area contributed by atoms with Crippen LogP contribution in [0.5, 0.6) is 0 Å². The SMILES string of the molecule is O=C(O)CCc1cccc2[nH]c(Cl)nc12. The average Bonchev–Trinajstić information content (AvgIpc) is 2.55. The number of hydrogen-bond donors (Lipinski definition) is 2. The summed E-state index contributed by atoms with van der Waals surface area (Å²) in [5.74, 6) is -0.811. The number of carbonyl (C=O) groups is 1. The Morgan fingerprint density at radius 1 is 1.53 bits per heavy atom. The first-order valence-corrected chi connectivity index (χ1v) is 4.89. The summed E-state index contributed by atoms with van der Waals surface area (Å²) < 4.78 is 0. The van der Waals surface area contributed by atoms with E-state index >= 15 is 0 Å². The van der Waals surface area contributed by atoms with Gasteiger partial charge in [-0.2, -0.15) is 0 Å². The number of fused-ring (bicyclic) bond motifs is 1. The summed E-state index contributed by atoms with van der Waals surface area (Å²) in [6.07, 6.45) is 0.567. The molecule has 0 saturated carbocycles. The normalized spacial score (nSPS) is 10.7. The minimum atomic E-state index is -0.811. The zero-order valence-corrected chi connectivity index (χ0v) is 8.58. The van der Waals surface area contributed by atoms with Crippen LogP contribution in [-0.4, -0.2) is 21.0 Å². The van der Waals surface area contributed by atoms with E-state index in [1.54, 1.807) is 0 Å². The van der Waals surface area contributed by atoms with Gasteiger partial charge in [0.05, 0.1) is 11.0 Å². The van der Waals surface area contributed by atoms with Gasteiger partial charge in [0, 0.05) is 6.42 Å². The van der Waals surface area contributed by atoms with Crippen LogP contribution in [-0.2, 0) is 11.2 Å². The van der Waals surface area contributed by atoms with E-state index in [0.717, 1.165) is 16.6 Å². The van der Waals surface area contributed by atoms with Gasteiger partial charge in [-0.05, 0) is 29.7 Å². The molecular formula is C10H9ClN2O2. The molecule has 0 aliphatic carbocycles. The number of H-pyrrole nitrogens is 1. The lowest BCUT2D eigenvalue weighted by Gasteiger charge is -1.98. The second kappa shape index (κ2) is 3.90. The Kier molecular flexibility index (Phi) is 2.60. The number of carboxylic acid groups (broad SMARTS) is 1. The summed E-state index contributed by atoms with van der Waals surface area (Å²) in [6, 6.07) is 5.58. The van der Waals surface area contributed by atoms with Gasteiger partial charge in [0.1, 0.15) is 0 Å². The van der Waals surface area contributed by atoms with Gasteiger partial charge in [0.25, 0.3) is 0 Å². The van der Waals surface area contributed by atoms with E-state index in [4.69, 9.17) is 16.7 Å². The van der Waals surface area contributed by atoms with Gasteiger partial charge in [-0.25, -0.2) is 4.98 Å². The van der Waals surface area contributed by atoms with E-state index in [2.05, 4.69) is 9.97 Å². The molecule has 5 heteroatoms. The fraction of sp³-hybridized carbons (Fsp3) is 0.200. The van der Waals surface area contributed by atoms with Gasteiger partial charge in [0.2, 0.25) is 5.28 Å². The number of benzene rings is 1. The Bertz CT molecular complexity index is 507. The highest BCUT2D eigenvalue weighted by molar-refractivity contribution is 6.29. The number of para-hydroxylation sites is 1. The average molecular weight is 225 g/mol. The first-order chi connectivity index (χ1) is 7.16. The molecule has 0 radical (unpaired) electrons. The first-order valence-electron chi connectivity index (χ1n) is 4.52. The number of nitrogens with one attached hydrogen (secondary N) is 1. The highest BCUT2D eigenvalue weighted by atomic mass is 35.5. The van der Waals surface area contributed by atoms with Gasteiger partial charge in [-0.3, -0.25) is 4.79 Å². The van der Waals surface area contributed by atoms with Crippen molar-refractivity contribution in [3.63, 3.8) is 0 Å². The maximum atomic E-state index is 10.5. The minimum Gasteiger partial charge on any atom is -0.481 e. The Morgan fingerprint density at radius 2 is 2.33 bits per heavy atom. The van der Waals surface area contributed by atoms with Gasteiger partial charge < -0.3 is 10.1 Å². The molecule has 0 saturated heterocycles. The van der Waals surface area contributed by atoms with Gasteiger partial charge in [-0.15, -0.1) is 0 Å². The first kappa shape index (κ1) is 9.98. The zero-order valence-electron chi connectivity index (χ0n) is 7.83. The van der Waals surface area contributed by atoms with Crippen molar-refractivity contribution >= 4 is 28.6 Å². The quantitative estimate of drug-likeness (QED) is 0.840. The zero-order chi connectivity index (χ0) is 10.8. The summed E-state index contributed by atoms with van der Waals surface area (Å²) in [7, 11) is 0. The molecule has 0 unspecified atom stereocenters. The van der Waals surface area contributed by atoms with Crippen molar-refractivity contribution < 1.29 is 9.90 Å². The molecule has 0 fully saturated rings. The number of halogens is 1. The molecule has 4 nitrogen and oxygen atoms in total. The number of aromatic nitrogens is 2. The summed E-state index contributed by atoms with van der Waals surface area (Å²) in [4.78, 5) is 17.5. The lowest BCUT2D eigenvalue weighted by molar-refractivity contribution is -0.136. The van der Waals surface area contributed by atoms with Crippen molar-refractivity contribution in [2.24, 2.45) is 0 Å². The van der Waals surface area contributed by atoms with Crippen LogP contribution in [0.3, 0.4) is 0 Å². The van der Waals surface area contributed by atoms with Crippen molar-refractivity contribution in [2.75, 3.05) is 0 Å². The molecule has 15 heavy (non-hydrogen) atoms. The molecule has 0 atom stereocenters. The van der Waals surface area contributed by atoms with Crippen LogP contribution in [0.25, 0.3) is 11.0 Å². The third-order valence-corrected chi connectivity index (χ3v) is 2.35. The fourth-order valence-electron chi connectivity index (χ4n) is 1.50. The van der Waals surface area contributed by atoms with Crippen molar-refractivity contribution in [1.29, 1.82) is 0 Å². The molecule has 78 valence electrons. The van der Waals surface area contributed by atoms with Crippen molar-refractivity contribution in [3.8, 4) is 0 Å². The number of aromatic amines is 1. The van der Waals surface area contributed by atoms with Crippen LogP contribution in [0.1, 0.15) is 12.0 Å². The number of aryl methyl sites for hydroxylation is 1. The van der Waals surface area contributed by atoms with Crippen LogP contribution in [0.2, 0.25) is 5.28 Å². The van der Waals surface area contributed by atoms with E-state index < -0.39 is 5.97 Å². The van der Waals surface area contributed by atoms with Crippen LogP contribution >= 0.6 is 11.6 Å². The smallest absolute Gasteiger partial charge is 0.303 e. The highest BCUT2D eigenvalue weighted by Crippen LogP contribution is 2.19. The Hall–Kier alpha value is -1.55. The summed E-state index contributed by atoms with van der Waals surface area (Å²) >= 11 is 5.73. The molecule has 0 amide bonds. The summed E-state index contributed by atoms with van der Waals surface area (Å²) in [5.41, 5.74) is 2.49. The summed E-state index contributed by atoms with van der Waals surface area (Å²) in [5, 5.41) is 8.92. The Labute approximate surface area is 90.9 Å². The molecule has 0 aliphatic heterocycles. The van der Waals surface area contributed by atoms with Crippen molar-refractivity contribution in [2.45, 2.75) is 12.8 Å². The molecule has 1 aromatic carbocycles. The predicted molar refractivity (Wildman–Crippen MR) is 57.1 cm³/mol. The van der Waals surface area contributed by atoms with Gasteiger partial charge >= 0.3 is 5.97 Å². The number of carboxylic acids is 1. The maximum absolute atomic E-state index is 10.5. The fourth-order valence-corrected chi connectivity index (χ4v) is 1.69. The second-order valence-corrected chi connectivity index (χ2v) is 3.59. The predicted octanol–water partition coefficient (Wildman–Crippen LogP) is 2.23. The molecule has 0 spiro atoms. The molecule has 2 N–H and O–H groups in total. The second-order valence-electron chi connectivity index (χ2n) is 3.23. The molecule has 0 aliphatic rings. The van der Waals surface area contributed by atoms with Crippen molar-refractivity contribution in [1.82, 2.24) is 9.97 Å². The number of hydrogen-bond acceptors (Lipinski definition) is 2. The molecule has 0 bridgehead atoms. The van der Waals surface area contributed by atoms with Crippen LogP contribution in [0.4, 0.5) is 0 Å². The van der Waals surface area contributed by atoms with E-state index in [9.17, 15) is 4.79 Å². The molecular weight excluding hydrogens is 216 g/mol. The van der Waals surface area contributed by atoms with Crippen LogP contribution in [0.15, 0.2) is 18.2 Å². The Balaban J connectivity index is 2.37. The van der Waals surface area contributed by atoms with Gasteiger partial charge in [-0.1, -0.05) is 12.1 Å². The Morgan fingerprint density at radius 3 is 3.07 bits per heavy atom. The lowest BCUT2D eigenvalue weighted by Crippen LogP contribution is -1.97. The maximum Gasteiger partial charge on any atom is 0.303 e. The lowest BCUT2D eigenvalue weighted by atomic mass is 10.1.